The van der Waals surface area contributed by atoms with Crippen molar-refractivity contribution in [2.24, 2.45) is 5.10 Å². The van der Waals surface area contributed by atoms with Crippen LogP contribution in [0.4, 0.5) is 0 Å². The van der Waals surface area contributed by atoms with Gasteiger partial charge in [0.15, 0.2) is 0 Å². The van der Waals surface area contributed by atoms with Gasteiger partial charge in [0.1, 0.15) is 5.69 Å². The summed E-state index contributed by atoms with van der Waals surface area (Å²) >= 11 is 0. The highest BCUT2D eigenvalue weighted by Gasteiger charge is 2.11. The van der Waals surface area contributed by atoms with E-state index in [1.54, 1.807) is 0 Å². The van der Waals surface area contributed by atoms with Crippen molar-refractivity contribution >= 4 is 22.5 Å². The lowest BCUT2D eigenvalue weighted by Crippen LogP contribution is -2.21. The Labute approximate surface area is 163 Å². The van der Waals surface area contributed by atoms with Crippen LogP contribution in [0.15, 0.2) is 84.0 Å². The topological polar surface area (TPSA) is 57.2 Å². The molecule has 4 heteroatoms. The molecule has 0 radical (unpaired) electrons. The number of hydrogen-bond donors (Lipinski definition) is 2. The van der Waals surface area contributed by atoms with E-state index < -0.39 is 0 Å². The van der Waals surface area contributed by atoms with Crippen molar-refractivity contribution in [3.05, 3.63) is 107 Å². The molecule has 0 aliphatic heterocycles. The molecule has 0 saturated carbocycles. The number of nitrogens with zero attached hydrogens (tertiary/aromatic N) is 1. The Morgan fingerprint density at radius 3 is 2.36 bits per heavy atom. The first-order chi connectivity index (χ1) is 13.6. The van der Waals surface area contributed by atoms with Crippen molar-refractivity contribution in [2.45, 2.75) is 13.8 Å². The lowest BCUT2D eigenvalue weighted by molar-refractivity contribution is 0.0951. The summed E-state index contributed by atoms with van der Waals surface area (Å²) in [5, 5.41) is 5.47. The van der Waals surface area contributed by atoms with Gasteiger partial charge in [-0.2, -0.15) is 5.10 Å². The number of aromatic amines is 1. The second-order valence-electron chi connectivity index (χ2n) is 6.91. The molecule has 2 N–H and O–H groups in total. The normalized spacial score (nSPS) is 11.6. The van der Waals surface area contributed by atoms with Crippen LogP contribution in [-0.2, 0) is 0 Å². The minimum atomic E-state index is -0.270. The Balaban J connectivity index is 1.68. The van der Waals surface area contributed by atoms with Crippen LogP contribution in [0.2, 0.25) is 0 Å². The van der Waals surface area contributed by atoms with Crippen molar-refractivity contribution in [3.63, 3.8) is 0 Å². The fourth-order valence-electron chi connectivity index (χ4n) is 3.16. The molecule has 28 heavy (non-hydrogen) atoms. The molecule has 0 aliphatic rings. The third-order valence-electron chi connectivity index (χ3n) is 4.66. The van der Waals surface area contributed by atoms with Crippen molar-refractivity contribution in [1.82, 2.24) is 10.4 Å². The van der Waals surface area contributed by atoms with Gasteiger partial charge in [-0.1, -0.05) is 71.8 Å². The molecule has 0 spiro atoms. The van der Waals surface area contributed by atoms with E-state index >= 15 is 0 Å². The zero-order valence-electron chi connectivity index (χ0n) is 15.9. The standard InChI is InChI=1S/C24H21N3O/c1-16-10-12-18(13-11-16)23(20-8-5-6-17(2)14-20)26-27-24(28)22-15-19-7-3-4-9-21(19)25-22/h3-15,25H,1-2H3,(H,27,28). The number of fused-ring (bicyclic) bond motifs is 1. The molecule has 0 fully saturated rings. The largest absolute Gasteiger partial charge is 0.350 e. The zero-order valence-corrected chi connectivity index (χ0v) is 15.9. The lowest BCUT2D eigenvalue weighted by Gasteiger charge is -2.09. The van der Waals surface area contributed by atoms with Gasteiger partial charge >= 0.3 is 0 Å². The monoisotopic (exact) mass is 367 g/mol. The maximum Gasteiger partial charge on any atom is 0.287 e. The van der Waals surface area contributed by atoms with E-state index in [-0.39, 0.29) is 5.91 Å². The number of rotatable bonds is 4. The van der Waals surface area contributed by atoms with Gasteiger partial charge in [0.05, 0.1) is 5.71 Å². The van der Waals surface area contributed by atoms with E-state index in [4.69, 9.17) is 0 Å². The number of amides is 1. The van der Waals surface area contributed by atoms with Crippen molar-refractivity contribution < 1.29 is 4.79 Å². The van der Waals surface area contributed by atoms with Crippen LogP contribution in [0, 0.1) is 13.8 Å². The number of para-hydroxylation sites is 1. The minimum Gasteiger partial charge on any atom is -0.350 e. The number of carbonyl (C=O) groups excluding carboxylic acids is 1. The van der Waals surface area contributed by atoms with Crippen LogP contribution < -0.4 is 5.43 Å². The Bertz CT molecular complexity index is 1140. The molecule has 4 nitrogen and oxygen atoms in total. The summed E-state index contributed by atoms with van der Waals surface area (Å²) in [7, 11) is 0. The van der Waals surface area contributed by atoms with Gasteiger partial charge in [0.25, 0.3) is 5.91 Å². The Kier molecular flexibility index (Phi) is 4.77. The quantitative estimate of drug-likeness (QED) is 0.388. The summed E-state index contributed by atoms with van der Waals surface area (Å²) < 4.78 is 0. The van der Waals surface area contributed by atoms with E-state index in [0.717, 1.165) is 33.3 Å². The van der Waals surface area contributed by atoms with Crippen LogP contribution >= 0.6 is 0 Å². The summed E-state index contributed by atoms with van der Waals surface area (Å²) in [5.41, 5.74) is 9.07. The molecule has 1 aromatic heterocycles. The molecule has 0 atom stereocenters. The van der Waals surface area contributed by atoms with Crippen molar-refractivity contribution in [2.75, 3.05) is 0 Å². The molecule has 1 amide bonds. The van der Waals surface area contributed by atoms with Crippen LogP contribution in [-0.4, -0.2) is 16.6 Å². The lowest BCUT2D eigenvalue weighted by atomic mass is 10.00. The van der Waals surface area contributed by atoms with Crippen LogP contribution in [0.25, 0.3) is 10.9 Å². The molecule has 0 aliphatic carbocycles. The number of hydrogen-bond acceptors (Lipinski definition) is 2. The van der Waals surface area contributed by atoms with Crippen molar-refractivity contribution in [3.8, 4) is 0 Å². The van der Waals surface area contributed by atoms with Crippen LogP contribution in [0.5, 0.6) is 0 Å². The number of hydrazone groups is 1. The van der Waals surface area contributed by atoms with Crippen LogP contribution in [0.1, 0.15) is 32.7 Å². The van der Waals surface area contributed by atoms with Gasteiger partial charge in [-0.15, -0.1) is 0 Å². The molecular formula is C24H21N3O. The fraction of sp³-hybridized carbons (Fsp3) is 0.0833. The van der Waals surface area contributed by atoms with Gasteiger partial charge in [-0.3, -0.25) is 4.79 Å². The fourth-order valence-corrected chi connectivity index (χ4v) is 3.16. The average Bonchev–Trinajstić information content (AvgIpc) is 3.14. The van der Waals surface area contributed by atoms with E-state index in [1.807, 2.05) is 86.6 Å². The predicted octanol–water partition coefficient (Wildman–Crippen LogP) is 4.97. The third-order valence-corrected chi connectivity index (χ3v) is 4.66. The number of H-pyrrole nitrogens is 1. The first-order valence-corrected chi connectivity index (χ1v) is 9.20. The highest BCUT2D eigenvalue weighted by molar-refractivity contribution is 6.13. The minimum absolute atomic E-state index is 0.270. The second-order valence-corrected chi connectivity index (χ2v) is 6.91. The summed E-state index contributed by atoms with van der Waals surface area (Å²) in [4.78, 5) is 15.8. The molecule has 0 bridgehead atoms. The average molecular weight is 367 g/mol. The maximum atomic E-state index is 12.7. The predicted molar refractivity (Wildman–Crippen MR) is 114 cm³/mol. The van der Waals surface area contributed by atoms with Gasteiger partial charge in [0.2, 0.25) is 0 Å². The second kappa shape index (κ2) is 7.53. The van der Waals surface area contributed by atoms with Gasteiger partial charge in [-0.25, -0.2) is 5.43 Å². The molecule has 4 aromatic rings. The Hall–Kier alpha value is -3.66. The third kappa shape index (κ3) is 3.71. The summed E-state index contributed by atoms with van der Waals surface area (Å²) in [5.74, 6) is -0.270. The number of benzene rings is 3. The first kappa shape index (κ1) is 17.7. The molecule has 4 rings (SSSR count). The molecule has 0 saturated heterocycles. The van der Waals surface area contributed by atoms with Crippen LogP contribution in [0.3, 0.4) is 0 Å². The zero-order chi connectivity index (χ0) is 19.5. The van der Waals surface area contributed by atoms with Gasteiger partial charge in [0, 0.05) is 22.0 Å². The first-order valence-electron chi connectivity index (χ1n) is 9.20. The number of carbonyl (C=O) groups is 1. The summed E-state index contributed by atoms with van der Waals surface area (Å²) in [6.45, 7) is 4.09. The molecule has 1 heterocycles. The number of aromatic nitrogens is 1. The highest BCUT2D eigenvalue weighted by atomic mass is 16.2. The van der Waals surface area contributed by atoms with Gasteiger partial charge < -0.3 is 4.98 Å². The summed E-state index contributed by atoms with van der Waals surface area (Å²) in [6.07, 6.45) is 0. The Morgan fingerprint density at radius 1 is 0.821 bits per heavy atom. The van der Waals surface area contributed by atoms with E-state index in [9.17, 15) is 4.79 Å². The van der Waals surface area contributed by atoms with Crippen molar-refractivity contribution in [1.29, 1.82) is 0 Å². The number of aryl methyl sites for hydroxylation is 2. The molecule has 3 aromatic carbocycles. The van der Waals surface area contributed by atoms with E-state index in [0.29, 0.717) is 5.69 Å². The smallest absolute Gasteiger partial charge is 0.287 e. The number of nitrogens with one attached hydrogen (secondary N) is 2. The highest BCUT2D eigenvalue weighted by Crippen LogP contribution is 2.16. The SMILES string of the molecule is Cc1ccc(C(=NNC(=O)c2cc3ccccc3[nH]2)c2cccc(C)c2)cc1. The van der Waals surface area contributed by atoms with Gasteiger partial charge in [-0.05, 0) is 32.0 Å². The summed E-state index contributed by atoms with van der Waals surface area (Å²) in [6, 6.07) is 25.9. The Morgan fingerprint density at radius 2 is 1.61 bits per heavy atom. The van der Waals surface area contributed by atoms with E-state index in [1.165, 1.54) is 5.56 Å². The maximum absolute atomic E-state index is 12.7. The molecule has 138 valence electrons. The molecular weight excluding hydrogens is 346 g/mol. The van der Waals surface area contributed by atoms with E-state index in [2.05, 4.69) is 21.6 Å². The molecule has 0 unspecified atom stereocenters.